The number of rotatable bonds is 6. The van der Waals surface area contributed by atoms with Gasteiger partial charge in [-0.05, 0) is 60.4 Å². The number of benzene rings is 2. The van der Waals surface area contributed by atoms with Crippen LogP contribution in [-0.4, -0.2) is 17.7 Å². The first kappa shape index (κ1) is 17.4. The van der Waals surface area contributed by atoms with Gasteiger partial charge >= 0.3 is 0 Å². The van der Waals surface area contributed by atoms with Gasteiger partial charge in [0, 0.05) is 22.3 Å². The summed E-state index contributed by atoms with van der Waals surface area (Å²) in [5.74, 6) is 0. The van der Waals surface area contributed by atoms with E-state index >= 15 is 0 Å². The molecule has 0 aliphatic heterocycles. The Balaban J connectivity index is 1.61. The molecule has 2 unspecified atom stereocenters. The second kappa shape index (κ2) is 7.66. The average Bonchev–Trinajstić information content (AvgIpc) is 2.95. The third-order valence-electron chi connectivity index (χ3n) is 4.23. The van der Waals surface area contributed by atoms with E-state index in [2.05, 4.69) is 42.7 Å². The zero-order valence-electron chi connectivity index (χ0n) is 13.9. The smallest absolute Gasteiger partial charge is 0.0914 e. The summed E-state index contributed by atoms with van der Waals surface area (Å²) in [6, 6.07) is 14.3. The Hall–Kier alpha value is -1.39. The Morgan fingerprint density at radius 1 is 1.21 bits per heavy atom. The molecule has 1 aromatic heterocycles. The predicted molar refractivity (Wildman–Crippen MR) is 104 cm³/mol. The normalized spacial score (nSPS) is 14.0. The van der Waals surface area contributed by atoms with Gasteiger partial charge in [0.25, 0.3) is 0 Å². The number of hydrogen-bond donors (Lipinski definition) is 2. The van der Waals surface area contributed by atoms with Gasteiger partial charge in [-0.2, -0.15) is 0 Å². The summed E-state index contributed by atoms with van der Waals surface area (Å²) in [6.45, 7) is 4.80. The van der Waals surface area contributed by atoms with Crippen molar-refractivity contribution in [1.29, 1.82) is 0 Å². The molecule has 0 amide bonds. The number of fused-ring (bicyclic) bond motifs is 1. The minimum Gasteiger partial charge on any atom is -0.387 e. The van der Waals surface area contributed by atoms with Crippen LogP contribution in [0.1, 0.15) is 29.7 Å². The van der Waals surface area contributed by atoms with Gasteiger partial charge in [0.1, 0.15) is 0 Å². The maximum Gasteiger partial charge on any atom is 0.0914 e. The SMILES string of the molecule is Cc1ccc2scc(CC(C)NCC(O)c3cccc(Cl)c3)c2c1. The maximum atomic E-state index is 10.3. The van der Waals surface area contributed by atoms with Crippen molar-refractivity contribution in [3.8, 4) is 0 Å². The number of hydrogen-bond acceptors (Lipinski definition) is 3. The van der Waals surface area contributed by atoms with Gasteiger partial charge in [-0.1, -0.05) is 41.4 Å². The summed E-state index contributed by atoms with van der Waals surface area (Å²) < 4.78 is 1.33. The molecule has 0 bridgehead atoms. The predicted octanol–water partition coefficient (Wildman–Crippen LogP) is 5.12. The molecule has 2 atom stereocenters. The lowest BCUT2D eigenvalue weighted by atomic mass is 10.0. The number of thiophene rings is 1. The van der Waals surface area contributed by atoms with Crippen LogP contribution in [0.25, 0.3) is 10.1 Å². The van der Waals surface area contributed by atoms with Gasteiger partial charge in [0.05, 0.1) is 6.10 Å². The number of nitrogens with one attached hydrogen (secondary N) is 1. The molecule has 0 saturated carbocycles. The Morgan fingerprint density at radius 2 is 2.04 bits per heavy atom. The maximum absolute atomic E-state index is 10.3. The van der Waals surface area contributed by atoms with Crippen molar-refractivity contribution in [1.82, 2.24) is 5.32 Å². The Bertz CT molecular complexity index is 829. The van der Waals surface area contributed by atoms with Crippen LogP contribution in [-0.2, 0) is 6.42 Å². The van der Waals surface area contributed by atoms with Crippen LogP contribution < -0.4 is 5.32 Å². The van der Waals surface area contributed by atoms with Crippen molar-refractivity contribution in [3.05, 3.63) is 69.6 Å². The third kappa shape index (κ3) is 4.17. The molecule has 2 aromatic carbocycles. The first-order valence-electron chi connectivity index (χ1n) is 8.16. The van der Waals surface area contributed by atoms with Crippen LogP contribution in [0.5, 0.6) is 0 Å². The van der Waals surface area contributed by atoms with Gasteiger partial charge < -0.3 is 10.4 Å². The van der Waals surface area contributed by atoms with E-state index in [0.29, 0.717) is 11.6 Å². The van der Waals surface area contributed by atoms with E-state index in [-0.39, 0.29) is 6.04 Å². The lowest BCUT2D eigenvalue weighted by molar-refractivity contribution is 0.170. The minimum atomic E-state index is -0.549. The monoisotopic (exact) mass is 359 g/mol. The van der Waals surface area contributed by atoms with Crippen molar-refractivity contribution in [2.24, 2.45) is 0 Å². The van der Waals surface area contributed by atoms with E-state index in [0.717, 1.165) is 12.0 Å². The van der Waals surface area contributed by atoms with Crippen molar-refractivity contribution in [2.45, 2.75) is 32.4 Å². The molecule has 0 saturated heterocycles. The molecule has 0 radical (unpaired) electrons. The molecular weight excluding hydrogens is 338 g/mol. The van der Waals surface area contributed by atoms with E-state index in [1.165, 1.54) is 21.2 Å². The number of aliphatic hydroxyl groups excluding tert-OH is 1. The van der Waals surface area contributed by atoms with Crippen LogP contribution in [0.2, 0.25) is 5.02 Å². The zero-order chi connectivity index (χ0) is 17.1. The highest BCUT2D eigenvalue weighted by Gasteiger charge is 2.12. The molecule has 0 fully saturated rings. The van der Waals surface area contributed by atoms with Gasteiger partial charge in [0.15, 0.2) is 0 Å². The minimum absolute atomic E-state index is 0.289. The molecule has 4 heteroatoms. The Kier molecular flexibility index (Phi) is 5.57. The van der Waals surface area contributed by atoms with E-state index in [9.17, 15) is 5.11 Å². The first-order chi connectivity index (χ1) is 11.5. The Morgan fingerprint density at radius 3 is 2.83 bits per heavy atom. The summed E-state index contributed by atoms with van der Waals surface area (Å²) in [5, 5.41) is 18.0. The molecule has 126 valence electrons. The molecule has 0 spiro atoms. The van der Waals surface area contributed by atoms with Gasteiger partial charge in [-0.3, -0.25) is 0 Å². The fourth-order valence-corrected chi connectivity index (χ4v) is 4.06. The van der Waals surface area contributed by atoms with Gasteiger partial charge in [-0.15, -0.1) is 11.3 Å². The van der Waals surface area contributed by atoms with Crippen molar-refractivity contribution in [3.63, 3.8) is 0 Å². The number of aliphatic hydroxyl groups is 1. The summed E-state index contributed by atoms with van der Waals surface area (Å²) in [4.78, 5) is 0. The molecule has 0 aliphatic rings. The highest BCUT2D eigenvalue weighted by molar-refractivity contribution is 7.17. The molecule has 0 aliphatic carbocycles. The second-order valence-electron chi connectivity index (χ2n) is 6.34. The quantitative estimate of drug-likeness (QED) is 0.640. The fourth-order valence-electron chi connectivity index (χ4n) is 2.90. The van der Waals surface area contributed by atoms with Gasteiger partial charge in [-0.25, -0.2) is 0 Å². The van der Waals surface area contributed by atoms with E-state index in [4.69, 9.17) is 11.6 Å². The fraction of sp³-hybridized carbons (Fsp3) is 0.300. The van der Waals surface area contributed by atoms with E-state index < -0.39 is 6.10 Å². The Labute approximate surface area is 152 Å². The molecule has 3 aromatic rings. The highest BCUT2D eigenvalue weighted by atomic mass is 35.5. The van der Waals surface area contributed by atoms with Crippen LogP contribution in [0.4, 0.5) is 0 Å². The summed E-state index contributed by atoms with van der Waals surface area (Å²) in [6.07, 6.45) is 0.402. The molecule has 1 heterocycles. The third-order valence-corrected chi connectivity index (χ3v) is 5.48. The zero-order valence-corrected chi connectivity index (χ0v) is 15.5. The largest absolute Gasteiger partial charge is 0.387 e. The van der Waals surface area contributed by atoms with Crippen LogP contribution >= 0.6 is 22.9 Å². The topological polar surface area (TPSA) is 32.3 Å². The molecule has 24 heavy (non-hydrogen) atoms. The molecule has 2 N–H and O–H groups in total. The number of aryl methyl sites for hydroxylation is 1. The second-order valence-corrected chi connectivity index (χ2v) is 7.69. The molecular formula is C20H22ClNOS. The molecule has 2 nitrogen and oxygen atoms in total. The van der Waals surface area contributed by atoms with Crippen molar-refractivity contribution in [2.75, 3.05) is 6.54 Å². The van der Waals surface area contributed by atoms with Crippen LogP contribution in [0.3, 0.4) is 0 Å². The standard InChI is InChI=1S/C20H22ClNOS/c1-13-6-7-20-18(8-13)16(12-24-20)9-14(2)22-11-19(23)15-4-3-5-17(21)10-15/h3-8,10,12,14,19,22-23H,9,11H2,1-2H3. The van der Waals surface area contributed by atoms with Crippen molar-refractivity contribution >= 4 is 33.0 Å². The van der Waals surface area contributed by atoms with Crippen LogP contribution in [0.15, 0.2) is 47.8 Å². The average molecular weight is 360 g/mol. The lowest BCUT2D eigenvalue weighted by Gasteiger charge is -2.17. The lowest BCUT2D eigenvalue weighted by Crippen LogP contribution is -2.32. The summed E-state index contributed by atoms with van der Waals surface area (Å²) in [7, 11) is 0. The van der Waals surface area contributed by atoms with Crippen molar-refractivity contribution < 1.29 is 5.11 Å². The summed E-state index contributed by atoms with van der Waals surface area (Å²) in [5.41, 5.74) is 3.51. The first-order valence-corrected chi connectivity index (χ1v) is 9.42. The summed E-state index contributed by atoms with van der Waals surface area (Å²) >= 11 is 7.78. The van der Waals surface area contributed by atoms with Crippen LogP contribution in [0, 0.1) is 6.92 Å². The van der Waals surface area contributed by atoms with Gasteiger partial charge in [0.2, 0.25) is 0 Å². The van der Waals surface area contributed by atoms with E-state index in [1.54, 1.807) is 11.3 Å². The van der Waals surface area contributed by atoms with E-state index in [1.807, 2.05) is 24.3 Å². The molecule has 3 rings (SSSR count). The number of halogens is 1. The highest BCUT2D eigenvalue weighted by Crippen LogP contribution is 2.28.